The van der Waals surface area contributed by atoms with Crippen LogP contribution >= 0.6 is 0 Å². The lowest BCUT2D eigenvalue weighted by Gasteiger charge is -2.22. The van der Waals surface area contributed by atoms with E-state index in [1.54, 1.807) is 0 Å². The molecule has 4 rings (SSSR count). The fourth-order valence-electron chi connectivity index (χ4n) is 4.60. The molecule has 2 aromatic carbocycles. The number of fused-ring (bicyclic) bond motifs is 1. The second-order valence-electron chi connectivity index (χ2n) is 9.17. The molecule has 0 bridgehead atoms. The molecule has 0 aliphatic rings. The molecule has 0 aliphatic carbocycles. The molecule has 3 nitrogen and oxygen atoms in total. The van der Waals surface area contributed by atoms with Gasteiger partial charge in [-0.2, -0.15) is 4.57 Å². The number of hydrogen-bond donors (Lipinski definition) is 0. The van der Waals surface area contributed by atoms with Crippen LogP contribution in [0.25, 0.3) is 28.0 Å². The predicted molar refractivity (Wildman–Crippen MR) is 130 cm³/mol. The summed E-state index contributed by atoms with van der Waals surface area (Å²) >= 11 is 0. The van der Waals surface area contributed by atoms with Crippen molar-refractivity contribution < 1.29 is 4.57 Å². The topological polar surface area (TPSA) is 21.7 Å². The van der Waals surface area contributed by atoms with Crippen LogP contribution in [0.2, 0.25) is 0 Å². The van der Waals surface area contributed by atoms with Crippen LogP contribution in [0.15, 0.2) is 54.7 Å². The van der Waals surface area contributed by atoms with E-state index in [1.807, 2.05) is 0 Å². The Morgan fingerprint density at radius 2 is 1.58 bits per heavy atom. The van der Waals surface area contributed by atoms with Crippen LogP contribution in [0.4, 0.5) is 0 Å². The van der Waals surface area contributed by atoms with Gasteiger partial charge in [-0.05, 0) is 41.5 Å². The van der Waals surface area contributed by atoms with Gasteiger partial charge in [-0.25, -0.2) is 4.98 Å². The van der Waals surface area contributed by atoms with Crippen LogP contribution in [-0.4, -0.2) is 9.55 Å². The Balaban J connectivity index is 2.06. The van der Waals surface area contributed by atoms with Gasteiger partial charge in [-0.3, -0.25) is 4.57 Å². The normalized spacial score (nSPS) is 11.8. The van der Waals surface area contributed by atoms with Crippen molar-refractivity contribution in [1.82, 2.24) is 9.55 Å². The highest BCUT2D eigenvalue weighted by Crippen LogP contribution is 2.35. The minimum absolute atomic E-state index is 0.441. The number of nitrogens with zero attached hydrogens (tertiary/aromatic N) is 3. The van der Waals surface area contributed by atoms with E-state index in [9.17, 15) is 0 Å². The maximum absolute atomic E-state index is 5.12. The monoisotopic (exact) mass is 412 g/mol. The Morgan fingerprint density at radius 3 is 2.16 bits per heavy atom. The molecule has 0 saturated carbocycles. The summed E-state index contributed by atoms with van der Waals surface area (Å²) in [7, 11) is 2.14. The van der Waals surface area contributed by atoms with Gasteiger partial charge in [0.15, 0.2) is 6.20 Å². The quantitative estimate of drug-likeness (QED) is 0.337. The van der Waals surface area contributed by atoms with E-state index in [0.29, 0.717) is 11.8 Å². The summed E-state index contributed by atoms with van der Waals surface area (Å²) in [5, 5.41) is 0. The highest BCUT2D eigenvalue weighted by atomic mass is 15.1. The first-order valence-electron chi connectivity index (χ1n) is 11.4. The van der Waals surface area contributed by atoms with Crippen molar-refractivity contribution >= 4 is 11.0 Å². The predicted octanol–water partition coefficient (Wildman–Crippen LogP) is 6.63. The van der Waals surface area contributed by atoms with Gasteiger partial charge in [0, 0.05) is 18.1 Å². The minimum atomic E-state index is 0.441. The lowest BCUT2D eigenvalue weighted by atomic mass is 9.92. The molecule has 0 radical (unpaired) electrons. The van der Waals surface area contributed by atoms with Crippen LogP contribution in [0.1, 0.15) is 69.0 Å². The molecule has 31 heavy (non-hydrogen) atoms. The molecule has 2 aromatic heterocycles. The SMILES string of the molecule is CCc1nc2cc(-c3ccccc3C)[n+](C)cc2n1-c1c(C(C)C)cccc1C(C)C. The number of benzene rings is 2. The minimum Gasteiger partial charge on any atom is -0.291 e. The zero-order valence-electron chi connectivity index (χ0n) is 19.9. The first-order chi connectivity index (χ1) is 14.8. The lowest BCUT2D eigenvalue weighted by molar-refractivity contribution is -0.659. The van der Waals surface area contributed by atoms with Gasteiger partial charge in [-0.1, -0.05) is 71.0 Å². The molecular weight excluding hydrogens is 378 g/mol. The van der Waals surface area contributed by atoms with Gasteiger partial charge in [0.05, 0.1) is 5.69 Å². The summed E-state index contributed by atoms with van der Waals surface area (Å²) in [6, 6.07) is 17.6. The molecule has 0 aliphatic heterocycles. The molecule has 3 heteroatoms. The van der Waals surface area contributed by atoms with Gasteiger partial charge >= 0.3 is 0 Å². The average Bonchev–Trinajstić information content (AvgIpc) is 3.10. The Labute approximate surface area is 186 Å². The first-order valence-corrected chi connectivity index (χ1v) is 11.4. The Morgan fingerprint density at radius 1 is 0.935 bits per heavy atom. The second kappa shape index (κ2) is 8.30. The fourth-order valence-corrected chi connectivity index (χ4v) is 4.60. The van der Waals surface area contributed by atoms with Crippen LogP contribution in [0.5, 0.6) is 0 Å². The maximum atomic E-state index is 5.12. The van der Waals surface area contributed by atoms with Crippen molar-refractivity contribution in [3.8, 4) is 16.9 Å². The van der Waals surface area contributed by atoms with E-state index >= 15 is 0 Å². The summed E-state index contributed by atoms with van der Waals surface area (Å²) in [4.78, 5) is 5.12. The molecule has 0 fully saturated rings. The van der Waals surface area contributed by atoms with Crippen LogP contribution < -0.4 is 4.57 Å². The number of imidazole rings is 1. The summed E-state index contributed by atoms with van der Waals surface area (Å²) in [5.41, 5.74) is 10.0. The van der Waals surface area contributed by atoms with Crippen molar-refractivity contribution in [3.63, 3.8) is 0 Å². The third-order valence-corrected chi connectivity index (χ3v) is 6.28. The lowest BCUT2D eigenvalue weighted by Crippen LogP contribution is -2.31. The van der Waals surface area contributed by atoms with Crippen molar-refractivity contribution in [2.45, 2.75) is 59.8 Å². The molecule has 4 aromatic rings. The number of rotatable bonds is 5. The van der Waals surface area contributed by atoms with E-state index in [0.717, 1.165) is 17.8 Å². The largest absolute Gasteiger partial charge is 0.291 e. The summed E-state index contributed by atoms with van der Waals surface area (Å²) in [6.45, 7) is 13.5. The van der Waals surface area contributed by atoms with Crippen LogP contribution in [0.3, 0.4) is 0 Å². The Kier molecular flexibility index (Phi) is 5.70. The number of para-hydroxylation sites is 1. The Hall–Kier alpha value is -2.94. The molecule has 0 spiro atoms. The molecule has 0 atom stereocenters. The average molecular weight is 413 g/mol. The first kappa shape index (κ1) is 21.3. The third-order valence-electron chi connectivity index (χ3n) is 6.28. The Bertz CT molecular complexity index is 1220. The van der Waals surface area contributed by atoms with Crippen molar-refractivity contribution in [1.29, 1.82) is 0 Å². The molecular formula is C28H34N3+. The zero-order valence-corrected chi connectivity index (χ0v) is 19.9. The summed E-state index contributed by atoms with van der Waals surface area (Å²) < 4.78 is 4.66. The van der Waals surface area contributed by atoms with Gasteiger partial charge in [0.2, 0.25) is 5.69 Å². The highest BCUT2D eigenvalue weighted by molar-refractivity contribution is 5.81. The van der Waals surface area contributed by atoms with Crippen molar-refractivity contribution in [3.05, 3.63) is 77.2 Å². The van der Waals surface area contributed by atoms with E-state index in [1.165, 1.54) is 39.2 Å². The number of aryl methyl sites for hydroxylation is 3. The smallest absolute Gasteiger partial charge is 0.214 e. The van der Waals surface area contributed by atoms with E-state index in [2.05, 4.69) is 112 Å². The van der Waals surface area contributed by atoms with Crippen LogP contribution in [-0.2, 0) is 13.5 Å². The van der Waals surface area contributed by atoms with Crippen LogP contribution in [0, 0.1) is 6.92 Å². The van der Waals surface area contributed by atoms with Gasteiger partial charge in [0.25, 0.3) is 0 Å². The molecule has 0 unspecified atom stereocenters. The van der Waals surface area contributed by atoms with Gasteiger partial charge < -0.3 is 0 Å². The number of hydrogen-bond acceptors (Lipinski definition) is 1. The molecule has 2 heterocycles. The molecule has 0 amide bonds. The number of aromatic nitrogens is 3. The molecule has 0 saturated heterocycles. The summed E-state index contributed by atoms with van der Waals surface area (Å²) in [5.74, 6) is 2.00. The zero-order chi connectivity index (χ0) is 22.3. The number of pyridine rings is 1. The third kappa shape index (κ3) is 3.67. The van der Waals surface area contributed by atoms with Crippen molar-refractivity contribution in [2.75, 3.05) is 0 Å². The highest BCUT2D eigenvalue weighted by Gasteiger charge is 2.23. The second-order valence-corrected chi connectivity index (χ2v) is 9.17. The fraction of sp³-hybridized carbons (Fsp3) is 0.357. The maximum Gasteiger partial charge on any atom is 0.214 e. The van der Waals surface area contributed by atoms with Crippen molar-refractivity contribution in [2.24, 2.45) is 7.05 Å². The van der Waals surface area contributed by atoms with E-state index in [4.69, 9.17) is 4.98 Å². The summed E-state index contributed by atoms with van der Waals surface area (Å²) in [6.07, 6.45) is 3.15. The molecule has 160 valence electrons. The standard InChI is InChI=1S/C28H34N3/c1-8-27-29-24-16-25(23-13-10-9-12-20(23)6)30(7)17-26(24)31(27)28-21(18(2)3)14-11-15-22(28)19(4)5/h9-19H,8H2,1-7H3/q+1. The van der Waals surface area contributed by atoms with E-state index in [-0.39, 0.29) is 0 Å². The van der Waals surface area contributed by atoms with Gasteiger partial charge in [-0.15, -0.1) is 0 Å². The van der Waals surface area contributed by atoms with E-state index < -0.39 is 0 Å². The molecule has 0 N–H and O–H groups in total. The van der Waals surface area contributed by atoms with Gasteiger partial charge in [0.1, 0.15) is 23.9 Å².